The van der Waals surface area contributed by atoms with Gasteiger partial charge < -0.3 is 10.1 Å². The van der Waals surface area contributed by atoms with Crippen LogP contribution in [0.4, 0.5) is 0 Å². The smallest absolute Gasteiger partial charge is 0.223 e. The predicted molar refractivity (Wildman–Crippen MR) is 90.9 cm³/mol. The van der Waals surface area contributed by atoms with Crippen molar-refractivity contribution in [2.24, 2.45) is 0 Å². The molecule has 0 aliphatic heterocycles. The highest BCUT2D eigenvalue weighted by molar-refractivity contribution is 7.88. The summed E-state index contributed by atoms with van der Waals surface area (Å²) in [5.41, 5.74) is -0.519. The Morgan fingerprint density at radius 3 is 2.35 bits per heavy atom. The van der Waals surface area contributed by atoms with Crippen LogP contribution in [0.25, 0.3) is 0 Å². The molecule has 0 saturated carbocycles. The molecule has 0 spiro atoms. The molecule has 6 nitrogen and oxygen atoms in total. The fraction of sp³-hybridized carbons (Fsp3) is 0.562. The molecule has 1 aromatic rings. The lowest BCUT2D eigenvalue weighted by molar-refractivity contribution is -0.121. The largest absolute Gasteiger partial charge is 0.493 e. The molecule has 0 heterocycles. The molecule has 0 aromatic heterocycles. The van der Waals surface area contributed by atoms with Crippen LogP contribution in [0.3, 0.4) is 0 Å². The average Bonchev–Trinajstić information content (AvgIpc) is 2.42. The SMILES string of the molecule is CC(C)(C)N(CCNC(=O)CCOc1ccccc1)S(C)(=O)=O. The number of rotatable bonds is 8. The maximum atomic E-state index is 11.8. The van der Waals surface area contributed by atoms with E-state index in [9.17, 15) is 13.2 Å². The number of sulfonamides is 1. The van der Waals surface area contributed by atoms with E-state index in [4.69, 9.17) is 4.74 Å². The van der Waals surface area contributed by atoms with E-state index in [0.717, 1.165) is 5.75 Å². The Morgan fingerprint density at radius 2 is 1.83 bits per heavy atom. The van der Waals surface area contributed by atoms with Gasteiger partial charge in [-0.15, -0.1) is 0 Å². The molecule has 1 aromatic carbocycles. The molecule has 0 aliphatic rings. The molecule has 130 valence electrons. The molecule has 0 bridgehead atoms. The standard InChI is InChI=1S/C16H26N2O4S/c1-16(2,3)18(23(4,20)21)12-11-17-15(19)10-13-22-14-8-6-5-7-9-14/h5-9H,10-13H2,1-4H3,(H,17,19). The summed E-state index contributed by atoms with van der Waals surface area (Å²) >= 11 is 0. The van der Waals surface area contributed by atoms with E-state index < -0.39 is 15.6 Å². The van der Waals surface area contributed by atoms with E-state index in [1.54, 1.807) is 0 Å². The van der Waals surface area contributed by atoms with Crippen molar-refractivity contribution in [2.75, 3.05) is 26.0 Å². The van der Waals surface area contributed by atoms with E-state index in [1.807, 2.05) is 51.1 Å². The van der Waals surface area contributed by atoms with Gasteiger partial charge in [-0.3, -0.25) is 4.79 Å². The second-order valence-electron chi connectivity index (χ2n) is 6.27. The first-order valence-electron chi connectivity index (χ1n) is 7.53. The molecule has 1 rings (SSSR count). The van der Waals surface area contributed by atoms with E-state index in [1.165, 1.54) is 10.6 Å². The van der Waals surface area contributed by atoms with Crippen molar-refractivity contribution in [3.63, 3.8) is 0 Å². The van der Waals surface area contributed by atoms with Crippen molar-refractivity contribution in [1.29, 1.82) is 0 Å². The first kappa shape index (κ1) is 19.4. The summed E-state index contributed by atoms with van der Waals surface area (Å²) in [5, 5.41) is 2.72. The lowest BCUT2D eigenvalue weighted by Crippen LogP contribution is -2.48. The van der Waals surface area contributed by atoms with Crippen LogP contribution in [-0.4, -0.2) is 50.1 Å². The Hall–Kier alpha value is -1.60. The number of nitrogens with one attached hydrogen (secondary N) is 1. The second-order valence-corrected chi connectivity index (χ2v) is 8.17. The first-order valence-corrected chi connectivity index (χ1v) is 9.38. The number of para-hydroxylation sites is 1. The number of carbonyl (C=O) groups excluding carboxylic acids is 1. The van der Waals surface area contributed by atoms with E-state index in [2.05, 4.69) is 5.32 Å². The van der Waals surface area contributed by atoms with Crippen LogP contribution in [0.2, 0.25) is 0 Å². The summed E-state index contributed by atoms with van der Waals surface area (Å²) in [6.45, 7) is 6.27. The summed E-state index contributed by atoms with van der Waals surface area (Å²) in [7, 11) is -3.32. The number of hydrogen-bond acceptors (Lipinski definition) is 4. The third-order valence-corrected chi connectivity index (χ3v) is 4.66. The van der Waals surface area contributed by atoms with Gasteiger partial charge in [0.15, 0.2) is 0 Å². The molecule has 0 unspecified atom stereocenters. The molecule has 0 atom stereocenters. The van der Waals surface area contributed by atoms with Crippen molar-refractivity contribution in [1.82, 2.24) is 9.62 Å². The minimum atomic E-state index is -3.32. The Kier molecular flexibility index (Phi) is 7.02. The average molecular weight is 342 g/mol. The van der Waals surface area contributed by atoms with Gasteiger partial charge in [0.2, 0.25) is 15.9 Å². The second kappa shape index (κ2) is 8.31. The highest BCUT2D eigenvalue weighted by Gasteiger charge is 2.28. The minimum Gasteiger partial charge on any atom is -0.493 e. The number of hydrogen-bond donors (Lipinski definition) is 1. The van der Waals surface area contributed by atoms with Crippen LogP contribution < -0.4 is 10.1 Å². The molecule has 0 radical (unpaired) electrons. The van der Waals surface area contributed by atoms with Crippen LogP contribution in [0.15, 0.2) is 30.3 Å². The van der Waals surface area contributed by atoms with E-state index >= 15 is 0 Å². The lowest BCUT2D eigenvalue weighted by atomic mass is 10.1. The van der Waals surface area contributed by atoms with Crippen LogP contribution in [0.5, 0.6) is 5.75 Å². The lowest BCUT2D eigenvalue weighted by Gasteiger charge is -2.33. The zero-order valence-corrected chi connectivity index (χ0v) is 15.0. The first-order chi connectivity index (χ1) is 10.6. The van der Waals surface area contributed by atoms with Crippen LogP contribution in [0, 0.1) is 0 Å². The number of benzene rings is 1. The van der Waals surface area contributed by atoms with Crippen LogP contribution in [0.1, 0.15) is 27.2 Å². The molecular formula is C16H26N2O4S. The van der Waals surface area contributed by atoms with Crippen LogP contribution in [-0.2, 0) is 14.8 Å². The Labute approximate surface area is 138 Å². The van der Waals surface area contributed by atoms with Gasteiger partial charge in [0, 0.05) is 18.6 Å². The topological polar surface area (TPSA) is 75.7 Å². The van der Waals surface area contributed by atoms with Gasteiger partial charge in [-0.25, -0.2) is 8.42 Å². The highest BCUT2D eigenvalue weighted by Crippen LogP contribution is 2.16. The third kappa shape index (κ3) is 7.47. The molecule has 1 amide bonds. The number of carbonyl (C=O) groups is 1. The Balaban J connectivity index is 2.33. The van der Waals surface area contributed by atoms with Crippen molar-refractivity contribution < 1.29 is 17.9 Å². The summed E-state index contributed by atoms with van der Waals surface area (Å²) in [6.07, 6.45) is 1.40. The van der Waals surface area contributed by atoms with Gasteiger partial charge in [-0.05, 0) is 32.9 Å². The van der Waals surface area contributed by atoms with Gasteiger partial charge in [0.25, 0.3) is 0 Å². The van der Waals surface area contributed by atoms with Crippen molar-refractivity contribution in [2.45, 2.75) is 32.7 Å². The third-order valence-electron chi connectivity index (χ3n) is 3.13. The van der Waals surface area contributed by atoms with Crippen LogP contribution >= 0.6 is 0 Å². The Bertz CT molecular complexity index is 594. The van der Waals surface area contributed by atoms with Gasteiger partial charge in [-0.1, -0.05) is 18.2 Å². The van der Waals surface area contributed by atoms with Gasteiger partial charge >= 0.3 is 0 Å². The van der Waals surface area contributed by atoms with Crippen molar-refractivity contribution in [3.8, 4) is 5.75 Å². The molecule has 23 heavy (non-hydrogen) atoms. The summed E-state index contributed by atoms with van der Waals surface area (Å²) in [4.78, 5) is 11.8. The summed E-state index contributed by atoms with van der Waals surface area (Å²) in [6, 6.07) is 9.27. The quantitative estimate of drug-likeness (QED) is 0.779. The fourth-order valence-corrected chi connectivity index (χ4v) is 3.58. The summed E-state index contributed by atoms with van der Waals surface area (Å²) in [5.74, 6) is 0.555. The van der Waals surface area contributed by atoms with Gasteiger partial charge in [0.05, 0.1) is 19.3 Å². The maximum Gasteiger partial charge on any atom is 0.223 e. The van der Waals surface area contributed by atoms with E-state index in [0.29, 0.717) is 0 Å². The fourth-order valence-electron chi connectivity index (χ4n) is 2.16. The number of ether oxygens (including phenoxy) is 1. The molecule has 0 aliphatic carbocycles. The number of nitrogens with zero attached hydrogens (tertiary/aromatic N) is 1. The maximum absolute atomic E-state index is 11.8. The predicted octanol–water partition coefficient (Wildman–Crippen LogP) is 1.63. The summed E-state index contributed by atoms with van der Waals surface area (Å²) < 4.78 is 30.4. The van der Waals surface area contributed by atoms with E-state index in [-0.39, 0.29) is 32.0 Å². The minimum absolute atomic E-state index is 0.164. The molecule has 0 saturated heterocycles. The number of amides is 1. The Morgan fingerprint density at radius 1 is 1.22 bits per heavy atom. The molecule has 7 heteroatoms. The molecule has 0 fully saturated rings. The zero-order chi connectivity index (χ0) is 17.5. The van der Waals surface area contributed by atoms with Gasteiger partial charge in [-0.2, -0.15) is 4.31 Å². The molecule has 1 N–H and O–H groups in total. The highest BCUT2D eigenvalue weighted by atomic mass is 32.2. The van der Waals surface area contributed by atoms with Crippen molar-refractivity contribution >= 4 is 15.9 Å². The van der Waals surface area contributed by atoms with Crippen molar-refractivity contribution in [3.05, 3.63) is 30.3 Å². The van der Waals surface area contributed by atoms with Gasteiger partial charge in [0.1, 0.15) is 5.75 Å². The monoisotopic (exact) mass is 342 g/mol. The normalized spacial score (nSPS) is 12.2. The molecular weight excluding hydrogens is 316 g/mol. The zero-order valence-electron chi connectivity index (χ0n) is 14.2.